The van der Waals surface area contributed by atoms with E-state index in [1.165, 1.54) is 46.5 Å². The smallest absolute Gasteiger partial charge is 0.262 e. The quantitative estimate of drug-likeness (QED) is 0.311. The Morgan fingerprint density at radius 3 is 1.86 bits per heavy atom. The Balaban J connectivity index is 2.57. The average Bonchev–Trinajstić information content (AvgIpc) is 2.87. The molecule has 0 saturated heterocycles. The van der Waals surface area contributed by atoms with Gasteiger partial charge in [-0.15, -0.1) is 6.42 Å². The van der Waals surface area contributed by atoms with Crippen LogP contribution in [-0.2, 0) is 28.2 Å². The summed E-state index contributed by atoms with van der Waals surface area (Å²) in [4.78, 5) is 27.1. The normalized spacial score (nSPS) is 11.0. The zero-order chi connectivity index (χ0) is 27.8. The molecule has 0 atom stereocenters. The number of terminal acetylenes is 1. The van der Waals surface area contributed by atoms with Crippen LogP contribution in [0.3, 0.4) is 0 Å². The van der Waals surface area contributed by atoms with E-state index in [4.69, 9.17) is 40.3 Å². The Morgan fingerprint density at radius 2 is 1.43 bits per heavy atom. The highest BCUT2D eigenvalue weighted by atomic mass is 79.9. The molecule has 0 aliphatic rings. The fraction of sp³-hybridized carbons (Fsp3) is 0.333. The fourth-order valence-electron chi connectivity index (χ4n) is 3.97. The van der Waals surface area contributed by atoms with Crippen molar-refractivity contribution >= 4 is 40.4 Å². The highest BCUT2D eigenvalue weighted by Gasteiger charge is 2.33. The monoisotopic (exact) mass is 608 g/mol. The molecule has 3 rings (SSSR count). The molecule has 0 bridgehead atoms. The summed E-state index contributed by atoms with van der Waals surface area (Å²) in [6, 6.07) is 3.16. The first-order chi connectivity index (χ1) is 17.4. The van der Waals surface area contributed by atoms with Crippen molar-refractivity contribution in [2.24, 2.45) is 28.2 Å². The number of hydrogen-bond donors (Lipinski definition) is 2. The van der Waals surface area contributed by atoms with Gasteiger partial charge >= 0.3 is 0 Å². The van der Waals surface area contributed by atoms with E-state index >= 15 is 0 Å². The lowest BCUT2D eigenvalue weighted by atomic mass is 9.86. The van der Waals surface area contributed by atoms with Crippen molar-refractivity contribution in [3.63, 3.8) is 0 Å². The van der Waals surface area contributed by atoms with E-state index < -0.39 is 28.8 Å². The third kappa shape index (κ3) is 4.84. The molecule has 0 aliphatic carbocycles. The SMILES string of the molecule is C#CCOc1c(Br)cc(C(c2c(O)n(C)c(=S)n(C)c2=O)c2c(O)n(C)c(=S)n(C)c2=O)cc1OCC. The number of benzene rings is 1. The van der Waals surface area contributed by atoms with Crippen LogP contribution in [0.25, 0.3) is 0 Å². The van der Waals surface area contributed by atoms with Crippen molar-refractivity contribution in [3.8, 4) is 35.6 Å². The number of ether oxygens (including phenoxy) is 2. The van der Waals surface area contributed by atoms with E-state index in [0.29, 0.717) is 15.8 Å². The topological polar surface area (TPSA) is 113 Å². The standard InChI is InChI=1S/C24H25BrN4O6S2/c1-7-9-35-18-13(25)10-12(11-14(18)34-8-2)15(16-19(30)26(3)23(36)27(4)20(16)31)17-21(32)28(5)24(37)29(6)22(17)33/h1,10-11,15,30,32H,8-9H2,2-6H3. The molecule has 1 aromatic carbocycles. The summed E-state index contributed by atoms with van der Waals surface area (Å²) in [5.41, 5.74) is -1.35. The van der Waals surface area contributed by atoms with Crippen LogP contribution in [0.2, 0.25) is 0 Å². The van der Waals surface area contributed by atoms with Crippen molar-refractivity contribution in [2.45, 2.75) is 12.8 Å². The Bertz CT molecular complexity index is 1590. The lowest BCUT2D eigenvalue weighted by Gasteiger charge is -2.24. The molecule has 13 heteroatoms. The third-order valence-electron chi connectivity index (χ3n) is 5.88. The molecule has 2 aromatic heterocycles. The maximum atomic E-state index is 13.5. The molecule has 37 heavy (non-hydrogen) atoms. The van der Waals surface area contributed by atoms with Crippen LogP contribution in [0.1, 0.15) is 29.5 Å². The number of aromatic hydroxyl groups is 2. The second kappa shape index (κ2) is 11.0. The zero-order valence-corrected chi connectivity index (χ0v) is 24.0. The van der Waals surface area contributed by atoms with Gasteiger partial charge in [0.25, 0.3) is 11.1 Å². The van der Waals surface area contributed by atoms with Gasteiger partial charge in [-0.3, -0.25) is 27.9 Å². The summed E-state index contributed by atoms with van der Waals surface area (Å²) in [6.45, 7) is 2.01. The van der Waals surface area contributed by atoms with Gasteiger partial charge in [-0.25, -0.2) is 0 Å². The van der Waals surface area contributed by atoms with Gasteiger partial charge in [0.05, 0.1) is 28.1 Å². The molecule has 196 valence electrons. The Morgan fingerprint density at radius 1 is 0.946 bits per heavy atom. The molecule has 10 nitrogen and oxygen atoms in total. The second-order valence-corrected chi connectivity index (χ2v) is 9.66. The number of rotatable bonds is 7. The van der Waals surface area contributed by atoms with E-state index in [-0.39, 0.29) is 39.6 Å². The van der Waals surface area contributed by atoms with E-state index in [2.05, 4.69) is 21.9 Å². The predicted octanol–water partition coefficient (Wildman–Crippen LogP) is 2.98. The predicted molar refractivity (Wildman–Crippen MR) is 147 cm³/mol. The minimum absolute atomic E-state index is 0.0314. The zero-order valence-electron chi connectivity index (χ0n) is 20.7. The summed E-state index contributed by atoms with van der Waals surface area (Å²) < 4.78 is 16.8. The van der Waals surface area contributed by atoms with Gasteiger partial charge in [0.2, 0.25) is 11.8 Å². The molecular weight excluding hydrogens is 584 g/mol. The summed E-state index contributed by atoms with van der Waals surface area (Å²) in [5.74, 6) is 0.777. The Kier molecular flexibility index (Phi) is 8.36. The van der Waals surface area contributed by atoms with Crippen LogP contribution < -0.4 is 20.6 Å². The maximum Gasteiger partial charge on any atom is 0.262 e. The van der Waals surface area contributed by atoms with Crippen molar-refractivity contribution < 1.29 is 19.7 Å². The molecule has 0 spiro atoms. The van der Waals surface area contributed by atoms with Crippen molar-refractivity contribution in [3.05, 3.63) is 63.5 Å². The van der Waals surface area contributed by atoms with Gasteiger partial charge in [-0.2, -0.15) is 0 Å². The molecule has 0 fully saturated rings. The van der Waals surface area contributed by atoms with Crippen LogP contribution >= 0.6 is 40.4 Å². The highest BCUT2D eigenvalue weighted by Crippen LogP contribution is 2.43. The first-order valence-electron chi connectivity index (χ1n) is 10.9. The van der Waals surface area contributed by atoms with Gasteiger partial charge in [0.15, 0.2) is 21.0 Å². The molecule has 3 aromatic rings. The van der Waals surface area contributed by atoms with Crippen molar-refractivity contribution in [1.29, 1.82) is 0 Å². The van der Waals surface area contributed by atoms with Crippen LogP contribution in [0.5, 0.6) is 23.3 Å². The number of nitrogens with zero attached hydrogens (tertiary/aromatic N) is 4. The van der Waals surface area contributed by atoms with E-state index in [1.54, 1.807) is 19.1 Å². The van der Waals surface area contributed by atoms with Crippen molar-refractivity contribution in [1.82, 2.24) is 18.3 Å². The van der Waals surface area contributed by atoms with Crippen LogP contribution in [-0.4, -0.2) is 41.7 Å². The van der Waals surface area contributed by atoms with Gasteiger partial charge in [-0.05, 0) is 65.0 Å². The first kappa shape index (κ1) is 28.2. The van der Waals surface area contributed by atoms with Gasteiger partial charge in [0.1, 0.15) is 6.61 Å². The minimum Gasteiger partial charge on any atom is -0.494 e. The lowest BCUT2D eigenvalue weighted by molar-refractivity contribution is 0.297. The molecule has 0 aliphatic heterocycles. The molecule has 2 N–H and O–H groups in total. The highest BCUT2D eigenvalue weighted by molar-refractivity contribution is 9.10. The summed E-state index contributed by atoms with van der Waals surface area (Å²) in [5, 5.41) is 22.3. The summed E-state index contributed by atoms with van der Waals surface area (Å²) >= 11 is 14.0. The molecule has 0 saturated carbocycles. The van der Waals surface area contributed by atoms with E-state index in [9.17, 15) is 19.8 Å². The van der Waals surface area contributed by atoms with Gasteiger partial charge in [0, 0.05) is 28.2 Å². The largest absolute Gasteiger partial charge is 0.494 e. The number of aromatic nitrogens is 4. The third-order valence-corrected chi connectivity index (χ3v) is 7.56. The minimum atomic E-state index is -1.27. The van der Waals surface area contributed by atoms with Gasteiger partial charge in [-0.1, -0.05) is 5.92 Å². The molecule has 2 heterocycles. The summed E-state index contributed by atoms with van der Waals surface area (Å²) in [7, 11) is 5.88. The summed E-state index contributed by atoms with van der Waals surface area (Å²) in [6.07, 6.45) is 5.35. The van der Waals surface area contributed by atoms with E-state index in [1.807, 2.05) is 0 Å². The first-order valence-corrected chi connectivity index (χ1v) is 12.5. The number of halogens is 1. The molecule has 0 unspecified atom stereocenters. The number of hydrogen-bond acceptors (Lipinski definition) is 8. The van der Waals surface area contributed by atoms with Crippen LogP contribution in [0.4, 0.5) is 0 Å². The molecule has 0 amide bonds. The second-order valence-electron chi connectivity index (χ2n) is 8.07. The molecule has 0 radical (unpaired) electrons. The average molecular weight is 610 g/mol. The maximum absolute atomic E-state index is 13.5. The van der Waals surface area contributed by atoms with Crippen molar-refractivity contribution in [2.75, 3.05) is 13.2 Å². The van der Waals surface area contributed by atoms with Crippen LogP contribution in [0.15, 0.2) is 26.2 Å². The Labute approximate surface area is 231 Å². The Hall–Kier alpha value is -3.34. The lowest BCUT2D eigenvalue weighted by Crippen LogP contribution is -2.33. The van der Waals surface area contributed by atoms with Crippen LogP contribution in [0, 0.1) is 21.9 Å². The van der Waals surface area contributed by atoms with E-state index in [0.717, 1.165) is 0 Å². The fourth-order valence-corrected chi connectivity index (χ4v) is 4.89. The van der Waals surface area contributed by atoms with Gasteiger partial charge < -0.3 is 19.7 Å². The molecular formula is C24H25BrN4O6S2.